The molecule has 1 aromatic carbocycles. The van der Waals surface area contributed by atoms with Gasteiger partial charge in [0.1, 0.15) is 11.8 Å². The first kappa shape index (κ1) is 7.41. The Morgan fingerprint density at radius 1 is 1.42 bits per heavy atom. The second-order valence-electron chi connectivity index (χ2n) is 2.73. The lowest BCUT2D eigenvalue weighted by molar-refractivity contribution is 0.559. The minimum Gasteiger partial charge on any atom is -0.462 e. The molecule has 60 valence electrons. The van der Waals surface area contributed by atoms with Gasteiger partial charge in [0.25, 0.3) is 0 Å². The minimum absolute atomic E-state index is 0.277. The molecule has 0 fully saturated rings. The Morgan fingerprint density at radius 3 is 3.00 bits per heavy atom. The van der Waals surface area contributed by atoms with Gasteiger partial charge in [0.05, 0.1) is 5.39 Å². The summed E-state index contributed by atoms with van der Waals surface area (Å²) in [6, 6.07) is 5.53. The monoisotopic (exact) mass is 162 g/mol. The molecule has 0 aliphatic carbocycles. The van der Waals surface area contributed by atoms with Crippen LogP contribution in [0.25, 0.3) is 11.0 Å². The largest absolute Gasteiger partial charge is 0.462 e. The summed E-state index contributed by atoms with van der Waals surface area (Å²) >= 11 is 0. The first-order valence-electron chi connectivity index (χ1n) is 3.97. The second-order valence-corrected chi connectivity index (χ2v) is 2.73. The molecule has 0 atom stereocenters. The van der Waals surface area contributed by atoms with Crippen molar-refractivity contribution in [3.63, 3.8) is 0 Å². The first-order chi connectivity index (χ1) is 5.83. The van der Waals surface area contributed by atoms with Crippen LogP contribution in [0.4, 0.5) is 4.39 Å². The van der Waals surface area contributed by atoms with E-state index in [1.54, 1.807) is 6.07 Å². The van der Waals surface area contributed by atoms with Gasteiger partial charge < -0.3 is 4.42 Å². The number of rotatable bonds is 1. The highest BCUT2D eigenvalue weighted by Crippen LogP contribution is 2.16. The smallest absolute Gasteiger partial charge is 0.169 e. The van der Waals surface area contributed by atoms with E-state index in [2.05, 4.69) is 0 Å². The normalized spacial score (nSPS) is 10.5. The van der Waals surface area contributed by atoms with Gasteiger partial charge in [0, 0.05) is 0 Å². The molecule has 0 amide bonds. The zero-order valence-electron chi connectivity index (χ0n) is 6.80. The van der Waals surface area contributed by atoms with Gasteiger partial charge in [-0.05, 0) is 11.5 Å². The molecular formula is C9H8BFO. The van der Waals surface area contributed by atoms with Crippen molar-refractivity contribution in [3.8, 4) is 0 Å². The summed E-state index contributed by atoms with van der Waals surface area (Å²) in [5, 5.41) is 0.578. The van der Waals surface area contributed by atoms with Gasteiger partial charge in [-0.1, -0.05) is 19.0 Å². The van der Waals surface area contributed by atoms with Crippen molar-refractivity contribution in [1.82, 2.24) is 0 Å². The zero-order chi connectivity index (χ0) is 8.55. The summed E-state index contributed by atoms with van der Waals surface area (Å²) in [7, 11) is 0.865. The van der Waals surface area contributed by atoms with Crippen molar-refractivity contribution >= 4 is 23.7 Å². The average molecular weight is 162 g/mol. The van der Waals surface area contributed by atoms with Gasteiger partial charge in [-0.25, -0.2) is 4.39 Å². The Hall–Kier alpha value is -1.25. The highest BCUT2D eigenvalue weighted by Gasteiger charge is 2.07. The molecule has 2 rings (SSSR count). The number of benzene rings is 1. The van der Waals surface area contributed by atoms with E-state index in [4.69, 9.17) is 4.42 Å². The quantitative estimate of drug-likeness (QED) is 0.581. The van der Waals surface area contributed by atoms with Crippen molar-refractivity contribution in [2.24, 2.45) is 0 Å². The van der Waals surface area contributed by atoms with Gasteiger partial charge in [0.2, 0.25) is 0 Å². The fourth-order valence-electron chi connectivity index (χ4n) is 1.36. The third kappa shape index (κ3) is 0.933. The third-order valence-electron chi connectivity index (χ3n) is 2.02. The Labute approximate surface area is 70.4 Å². The molecule has 0 spiro atoms. The van der Waals surface area contributed by atoms with E-state index in [9.17, 15) is 4.39 Å². The molecule has 1 nitrogen and oxygen atoms in total. The van der Waals surface area contributed by atoms with Crippen LogP contribution in [-0.4, -0.2) is 7.28 Å². The average Bonchev–Trinajstić information content (AvgIpc) is 2.48. The Morgan fingerprint density at radius 2 is 2.25 bits per heavy atom. The van der Waals surface area contributed by atoms with Gasteiger partial charge in [-0.3, -0.25) is 0 Å². The van der Waals surface area contributed by atoms with E-state index < -0.39 is 0 Å². The minimum atomic E-state index is -0.277. The van der Waals surface area contributed by atoms with Crippen molar-refractivity contribution in [2.75, 3.05) is 0 Å². The summed E-state index contributed by atoms with van der Waals surface area (Å²) in [5.74, 6) is -0.277. The van der Waals surface area contributed by atoms with E-state index in [-0.39, 0.29) is 5.82 Å². The molecule has 3 heteroatoms. The standard InChI is InChI=1S/C9H8BFO/c1-10-7-4-2-3-6-8(11)5-12-9(6)7/h2-5,10H,1H3. The summed E-state index contributed by atoms with van der Waals surface area (Å²) in [6.07, 6.45) is 1.16. The highest BCUT2D eigenvalue weighted by molar-refractivity contribution is 6.55. The maximum atomic E-state index is 13.0. The molecule has 0 bridgehead atoms. The summed E-state index contributed by atoms with van der Waals surface area (Å²) in [6.45, 7) is 2.02. The van der Waals surface area contributed by atoms with Gasteiger partial charge in [-0.2, -0.15) is 0 Å². The number of halogens is 1. The molecule has 2 aromatic rings. The summed E-state index contributed by atoms with van der Waals surface area (Å²) in [5.41, 5.74) is 1.73. The van der Waals surface area contributed by atoms with Crippen molar-refractivity contribution in [3.05, 3.63) is 30.3 Å². The molecule has 0 aliphatic rings. The van der Waals surface area contributed by atoms with Crippen LogP contribution in [-0.2, 0) is 0 Å². The van der Waals surface area contributed by atoms with Crippen LogP contribution in [0.1, 0.15) is 0 Å². The van der Waals surface area contributed by atoms with E-state index in [1.807, 2.05) is 19.0 Å². The molecule has 0 unspecified atom stereocenters. The zero-order valence-corrected chi connectivity index (χ0v) is 6.80. The predicted octanol–water partition coefficient (Wildman–Crippen LogP) is 1.68. The first-order valence-corrected chi connectivity index (χ1v) is 3.97. The van der Waals surface area contributed by atoms with Crippen LogP contribution in [0.3, 0.4) is 0 Å². The lowest BCUT2D eigenvalue weighted by Crippen LogP contribution is -2.09. The van der Waals surface area contributed by atoms with Crippen LogP contribution >= 0.6 is 0 Å². The number of fused-ring (bicyclic) bond motifs is 1. The second kappa shape index (κ2) is 2.66. The van der Waals surface area contributed by atoms with E-state index in [1.165, 1.54) is 0 Å². The van der Waals surface area contributed by atoms with Crippen LogP contribution in [0.5, 0.6) is 0 Å². The SMILES string of the molecule is CBc1cccc2c(F)coc12. The van der Waals surface area contributed by atoms with Crippen LogP contribution < -0.4 is 5.46 Å². The van der Waals surface area contributed by atoms with E-state index >= 15 is 0 Å². The van der Waals surface area contributed by atoms with E-state index in [0.29, 0.717) is 11.0 Å². The van der Waals surface area contributed by atoms with Gasteiger partial charge >= 0.3 is 0 Å². The lowest BCUT2D eigenvalue weighted by atomic mass is 9.73. The van der Waals surface area contributed by atoms with Crippen LogP contribution in [0.15, 0.2) is 28.9 Å². The topological polar surface area (TPSA) is 13.1 Å². The molecular weight excluding hydrogens is 154 g/mol. The Bertz CT molecular complexity index is 408. The van der Waals surface area contributed by atoms with Crippen molar-refractivity contribution in [2.45, 2.75) is 6.82 Å². The predicted molar refractivity (Wildman–Crippen MR) is 48.8 cm³/mol. The number of para-hydroxylation sites is 1. The molecule has 12 heavy (non-hydrogen) atoms. The lowest BCUT2D eigenvalue weighted by Gasteiger charge is -1.94. The van der Waals surface area contributed by atoms with Crippen LogP contribution in [0, 0.1) is 5.82 Å². The number of hydrogen-bond donors (Lipinski definition) is 0. The van der Waals surface area contributed by atoms with Crippen molar-refractivity contribution in [1.29, 1.82) is 0 Å². The molecule has 0 radical (unpaired) electrons. The van der Waals surface area contributed by atoms with E-state index in [0.717, 1.165) is 19.0 Å². The molecule has 0 saturated heterocycles. The van der Waals surface area contributed by atoms with Crippen LogP contribution in [0.2, 0.25) is 6.82 Å². The summed E-state index contributed by atoms with van der Waals surface area (Å²) < 4.78 is 18.1. The molecule has 0 aliphatic heterocycles. The third-order valence-corrected chi connectivity index (χ3v) is 2.02. The molecule has 1 aromatic heterocycles. The van der Waals surface area contributed by atoms with Crippen molar-refractivity contribution < 1.29 is 8.81 Å². The molecule has 0 saturated carbocycles. The van der Waals surface area contributed by atoms with Gasteiger partial charge in [-0.15, -0.1) is 0 Å². The Kier molecular flexibility index (Phi) is 1.64. The maximum absolute atomic E-state index is 13.0. The molecule has 1 heterocycles. The fraction of sp³-hybridized carbons (Fsp3) is 0.111. The number of hydrogen-bond acceptors (Lipinski definition) is 1. The number of furan rings is 1. The highest BCUT2D eigenvalue weighted by atomic mass is 19.1. The molecule has 0 N–H and O–H groups in total. The summed E-state index contributed by atoms with van der Waals surface area (Å²) in [4.78, 5) is 0. The van der Waals surface area contributed by atoms with Gasteiger partial charge in [0.15, 0.2) is 13.1 Å². The Balaban J connectivity index is 2.81. The maximum Gasteiger partial charge on any atom is 0.169 e. The fourth-order valence-corrected chi connectivity index (χ4v) is 1.36.